The second kappa shape index (κ2) is 37.8. The lowest BCUT2D eigenvalue weighted by atomic mass is 10.0. The normalized spacial score (nSPS) is 13.6. The van der Waals surface area contributed by atoms with E-state index in [9.17, 15) is 19.0 Å². The molecule has 0 spiro atoms. The van der Waals surface area contributed by atoms with Crippen LogP contribution < -0.4 is 0 Å². The first-order valence-corrected chi connectivity index (χ1v) is 24.6. The molecule has 8 nitrogen and oxygen atoms in total. The number of phosphoric acid groups is 1. The van der Waals surface area contributed by atoms with Crippen LogP contribution in [-0.2, 0) is 27.9 Å². The number of rotatable bonds is 43. The zero-order valence-electron chi connectivity index (χ0n) is 36.5. The van der Waals surface area contributed by atoms with E-state index in [-0.39, 0.29) is 37.8 Å². The summed E-state index contributed by atoms with van der Waals surface area (Å²) in [5.74, 6) is -0.202. The number of ether oxygens (including phenoxy) is 1. The van der Waals surface area contributed by atoms with Crippen molar-refractivity contribution < 1.29 is 37.3 Å². The molecule has 0 aromatic heterocycles. The Kier molecular flexibility index (Phi) is 37.2. The zero-order chi connectivity index (χ0) is 40.0. The molecule has 0 aromatic rings. The number of esters is 1. The van der Waals surface area contributed by atoms with Gasteiger partial charge in [0.25, 0.3) is 0 Å². The Hall–Kier alpha value is -0.790. The fourth-order valence-electron chi connectivity index (χ4n) is 6.85. The van der Waals surface area contributed by atoms with E-state index >= 15 is 0 Å². The van der Waals surface area contributed by atoms with Crippen LogP contribution in [0.3, 0.4) is 0 Å². The highest BCUT2D eigenvalue weighted by atomic mass is 31.2. The number of hydrogen-bond acceptors (Lipinski definition) is 6. The molecule has 0 aliphatic heterocycles. The molecule has 2 unspecified atom stereocenters. The van der Waals surface area contributed by atoms with Crippen molar-refractivity contribution in [1.82, 2.24) is 0 Å². The van der Waals surface area contributed by atoms with Crippen molar-refractivity contribution in [3.05, 3.63) is 0 Å². The third-order valence-corrected chi connectivity index (χ3v) is 11.5. The molecule has 9 heteroatoms. The number of unbranched alkanes of at least 4 members (excludes halogenated alkanes) is 28. The molecule has 2 atom stereocenters. The number of carbonyl (C=O) groups is 2. The van der Waals surface area contributed by atoms with Crippen molar-refractivity contribution in [1.29, 1.82) is 0 Å². The SMILES string of the molecule is CCCCCCCCCCCCCCCCCC(=O)CCC(COP(=O)(O)OCC[N+](C)(C)C)OC(=O)CCCCCCCCCCCCCCCCC. The standard InChI is InChI=1S/C45H90NO7P/c1-6-8-10-12-14-16-18-20-22-24-26-28-30-32-34-36-43(47)38-39-44(42-52-54(49,50)51-41-40-46(3,4)5)53-45(48)37-35-33-31-29-27-25-23-21-19-17-15-13-11-9-7-2/h44H,6-42H2,1-5H3/p+1. The van der Waals surface area contributed by atoms with E-state index in [0.717, 1.165) is 38.5 Å². The summed E-state index contributed by atoms with van der Waals surface area (Å²) >= 11 is 0. The van der Waals surface area contributed by atoms with Crippen LogP contribution in [0.2, 0.25) is 0 Å². The van der Waals surface area contributed by atoms with Crippen molar-refractivity contribution in [2.24, 2.45) is 0 Å². The minimum atomic E-state index is -4.31. The Labute approximate surface area is 335 Å². The van der Waals surface area contributed by atoms with Gasteiger partial charge in [-0.25, -0.2) is 4.57 Å². The van der Waals surface area contributed by atoms with E-state index < -0.39 is 13.9 Å². The van der Waals surface area contributed by atoms with E-state index in [2.05, 4.69) is 13.8 Å². The predicted molar refractivity (Wildman–Crippen MR) is 228 cm³/mol. The van der Waals surface area contributed by atoms with E-state index in [1.54, 1.807) is 0 Å². The number of hydrogen-bond donors (Lipinski definition) is 1. The molecule has 0 aliphatic carbocycles. The summed E-state index contributed by atoms with van der Waals surface area (Å²) in [4.78, 5) is 35.7. The topological polar surface area (TPSA) is 99.1 Å². The van der Waals surface area contributed by atoms with Crippen molar-refractivity contribution >= 4 is 19.6 Å². The average Bonchev–Trinajstić information content (AvgIpc) is 3.12. The van der Waals surface area contributed by atoms with E-state index in [0.29, 0.717) is 23.9 Å². The summed E-state index contributed by atoms with van der Waals surface area (Å²) < 4.78 is 29.2. The first-order chi connectivity index (χ1) is 26.0. The maximum atomic E-state index is 12.7. The number of quaternary nitrogens is 1. The smallest absolute Gasteiger partial charge is 0.460 e. The Morgan fingerprint density at radius 1 is 0.519 bits per heavy atom. The third-order valence-electron chi connectivity index (χ3n) is 10.5. The van der Waals surface area contributed by atoms with Gasteiger partial charge in [0.1, 0.15) is 25.0 Å². The molecule has 0 rings (SSSR count). The zero-order valence-corrected chi connectivity index (χ0v) is 37.4. The minimum Gasteiger partial charge on any atom is -0.460 e. The molecule has 0 amide bonds. The molecule has 322 valence electrons. The fourth-order valence-corrected chi connectivity index (χ4v) is 7.59. The second-order valence-corrected chi connectivity index (χ2v) is 18.7. The van der Waals surface area contributed by atoms with Gasteiger partial charge in [-0.05, 0) is 19.3 Å². The van der Waals surface area contributed by atoms with Crippen LogP contribution in [0.4, 0.5) is 0 Å². The maximum absolute atomic E-state index is 12.7. The fraction of sp³-hybridized carbons (Fsp3) is 0.956. The highest BCUT2D eigenvalue weighted by Crippen LogP contribution is 2.43. The Morgan fingerprint density at radius 2 is 0.870 bits per heavy atom. The number of Topliss-reactive ketones (excluding diaryl/α,β-unsaturated/α-hetero) is 1. The summed E-state index contributed by atoms with van der Waals surface area (Å²) in [6.07, 6.45) is 38.8. The minimum absolute atomic E-state index is 0.0681. The first kappa shape index (κ1) is 53.2. The van der Waals surface area contributed by atoms with Gasteiger partial charge in [0.2, 0.25) is 0 Å². The Morgan fingerprint density at radius 3 is 1.24 bits per heavy atom. The Balaban J connectivity index is 4.30. The first-order valence-electron chi connectivity index (χ1n) is 23.1. The molecule has 0 radical (unpaired) electrons. The van der Waals surface area contributed by atoms with Gasteiger partial charge in [0.15, 0.2) is 0 Å². The third kappa shape index (κ3) is 40.9. The number of carbonyl (C=O) groups excluding carboxylic acids is 2. The summed E-state index contributed by atoms with van der Waals surface area (Å²) in [6.45, 7) is 4.87. The number of nitrogens with zero attached hydrogens (tertiary/aromatic N) is 1. The van der Waals surface area contributed by atoms with Gasteiger partial charge in [-0.3, -0.25) is 18.6 Å². The molecule has 1 N–H and O–H groups in total. The van der Waals surface area contributed by atoms with Crippen molar-refractivity contribution in [3.63, 3.8) is 0 Å². The van der Waals surface area contributed by atoms with Gasteiger partial charge in [-0.2, -0.15) is 0 Å². The molecule has 0 aromatic carbocycles. The monoisotopic (exact) mass is 789 g/mol. The van der Waals surface area contributed by atoms with Gasteiger partial charge < -0.3 is 14.1 Å². The Bertz CT molecular complexity index is 894. The summed E-state index contributed by atoms with van der Waals surface area (Å²) in [5, 5.41) is 0. The van der Waals surface area contributed by atoms with Gasteiger partial charge in [-0.1, -0.05) is 194 Å². The lowest BCUT2D eigenvalue weighted by Gasteiger charge is -2.24. The van der Waals surface area contributed by atoms with Crippen molar-refractivity contribution in [2.75, 3.05) is 40.9 Å². The molecular formula is C45H91NO7P+. The molecular weight excluding hydrogens is 697 g/mol. The molecule has 0 fully saturated rings. The summed E-state index contributed by atoms with van der Waals surface area (Å²) in [5.41, 5.74) is 0. The molecule has 0 bridgehead atoms. The van der Waals surface area contributed by atoms with Crippen molar-refractivity contribution in [3.8, 4) is 0 Å². The van der Waals surface area contributed by atoms with Crippen LogP contribution in [0.5, 0.6) is 0 Å². The molecule has 54 heavy (non-hydrogen) atoms. The van der Waals surface area contributed by atoms with Gasteiger partial charge in [0, 0.05) is 19.3 Å². The van der Waals surface area contributed by atoms with E-state index in [1.807, 2.05) is 21.1 Å². The average molecular weight is 789 g/mol. The quantitative estimate of drug-likeness (QED) is 0.0284. The molecule has 0 saturated heterocycles. The summed E-state index contributed by atoms with van der Waals surface area (Å²) in [6, 6.07) is 0. The van der Waals surface area contributed by atoms with Gasteiger partial charge in [-0.15, -0.1) is 0 Å². The molecule has 0 aliphatic rings. The lowest BCUT2D eigenvalue weighted by Crippen LogP contribution is -2.37. The molecule has 0 heterocycles. The van der Waals surface area contributed by atoms with Gasteiger partial charge in [0.05, 0.1) is 27.7 Å². The van der Waals surface area contributed by atoms with Crippen LogP contribution in [0.15, 0.2) is 0 Å². The second-order valence-electron chi connectivity index (χ2n) is 17.2. The van der Waals surface area contributed by atoms with E-state index in [4.69, 9.17) is 13.8 Å². The van der Waals surface area contributed by atoms with Crippen LogP contribution in [0.25, 0.3) is 0 Å². The number of phosphoric ester groups is 1. The highest BCUT2D eigenvalue weighted by molar-refractivity contribution is 7.47. The van der Waals surface area contributed by atoms with Crippen molar-refractivity contribution in [2.45, 2.75) is 238 Å². The van der Waals surface area contributed by atoms with Crippen LogP contribution in [0.1, 0.15) is 232 Å². The maximum Gasteiger partial charge on any atom is 0.472 e. The van der Waals surface area contributed by atoms with E-state index in [1.165, 1.54) is 154 Å². The highest BCUT2D eigenvalue weighted by Gasteiger charge is 2.26. The predicted octanol–water partition coefficient (Wildman–Crippen LogP) is 13.6. The largest absolute Gasteiger partial charge is 0.472 e. The van der Waals surface area contributed by atoms with Gasteiger partial charge >= 0.3 is 13.8 Å². The van der Waals surface area contributed by atoms with Crippen LogP contribution in [-0.4, -0.2) is 68.1 Å². The number of likely N-dealkylation sites (N-methyl/N-ethyl adjacent to an activating group) is 1. The number of ketones is 1. The lowest BCUT2D eigenvalue weighted by molar-refractivity contribution is -0.870. The summed E-state index contributed by atoms with van der Waals surface area (Å²) in [7, 11) is 1.60. The van der Waals surface area contributed by atoms with Crippen LogP contribution in [0, 0.1) is 0 Å². The molecule has 0 saturated carbocycles. The van der Waals surface area contributed by atoms with Crippen LogP contribution >= 0.6 is 7.82 Å².